The van der Waals surface area contributed by atoms with Crippen molar-refractivity contribution < 1.29 is 27.1 Å². The third-order valence-corrected chi connectivity index (χ3v) is 3.62. The summed E-state index contributed by atoms with van der Waals surface area (Å²) in [5.74, 6) is -1.14. The number of pyridine rings is 2. The normalized spacial score (nSPS) is 12.0. The van der Waals surface area contributed by atoms with Crippen LogP contribution in [0.5, 0.6) is 5.88 Å². The molecule has 4 aromatic heterocycles. The number of ether oxygens (including phenoxy) is 1. The van der Waals surface area contributed by atoms with Gasteiger partial charge in [-0.15, -0.1) is 10.2 Å². The molecule has 0 unspecified atom stereocenters. The molecule has 9 nitrogen and oxygen atoms in total. The molecule has 0 aliphatic rings. The zero-order valence-electron chi connectivity index (χ0n) is 13.3. The molecule has 0 aromatic carbocycles. The number of aromatic nitrogens is 5. The van der Waals surface area contributed by atoms with Crippen LogP contribution in [0.3, 0.4) is 0 Å². The number of alkyl halides is 3. The van der Waals surface area contributed by atoms with Crippen molar-refractivity contribution in [2.75, 3.05) is 6.61 Å². The molecule has 4 heterocycles. The molecule has 0 aliphatic heterocycles. The minimum Gasteiger partial charge on any atom is -0.468 e. The summed E-state index contributed by atoms with van der Waals surface area (Å²) in [5.41, 5.74) is 4.50. The quantitative estimate of drug-likeness (QED) is 0.575. The van der Waals surface area contributed by atoms with Crippen molar-refractivity contribution in [3.05, 3.63) is 36.4 Å². The van der Waals surface area contributed by atoms with E-state index in [0.29, 0.717) is 11.7 Å². The number of hydrogen-bond donors (Lipinski definition) is 1. The second-order valence-electron chi connectivity index (χ2n) is 5.43. The number of hydrogen-bond acceptors (Lipinski definition) is 7. The minimum atomic E-state index is -4.67. The first-order chi connectivity index (χ1) is 12.8. The van der Waals surface area contributed by atoms with Crippen molar-refractivity contribution in [3.8, 4) is 17.5 Å². The average Bonchev–Trinajstić information content (AvgIpc) is 3.27. The number of nitrogens with two attached hydrogens (primary N) is 1. The van der Waals surface area contributed by atoms with E-state index in [1.54, 1.807) is 0 Å². The van der Waals surface area contributed by atoms with E-state index in [0.717, 1.165) is 6.39 Å². The molecule has 12 heteroatoms. The van der Waals surface area contributed by atoms with Crippen LogP contribution in [-0.2, 0) is 11.0 Å². The predicted molar refractivity (Wildman–Crippen MR) is 83.5 cm³/mol. The Hall–Kier alpha value is -3.70. The number of amides is 1. The fourth-order valence-electron chi connectivity index (χ4n) is 2.55. The summed E-state index contributed by atoms with van der Waals surface area (Å²) in [6.07, 6.45) is -2.15. The summed E-state index contributed by atoms with van der Waals surface area (Å²) >= 11 is 0. The van der Waals surface area contributed by atoms with Gasteiger partial charge in [0.1, 0.15) is 17.0 Å². The fraction of sp³-hybridized carbons (Fsp3) is 0.133. The molecule has 0 atom stereocenters. The van der Waals surface area contributed by atoms with Gasteiger partial charge >= 0.3 is 6.18 Å². The Morgan fingerprint density at radius 1 is 1.30 bits per heavy atom. The van der Waals surface area contributed by atoms with Crippen LogP contribution in [0.25, 0.3) is 28.3 Å². The highest BCUT2D eigenvalue weighted by atomic mass is 19.4. The summed E-state index contributed by atoms with van der Waals surface area (Å²) in [7, 11) is 0. The molecule has 0 saturated heterocycles. The summed E-state index contributed by atoms with van der Waals surface area (Å²) in [5, 5.41) is 7.08. The van der Waals surface area contributed by atoms with Gasteiger partial charge < -0.3 is 14.9 Å². The molecule has 138 valence electrons. The van der Waals surface area contributed by atoms with Crippen LogP contribution >= 0.6 is 0 Å². The van der Waals surface area contributed by atoms with Crippen LogP contribution in [0, 0.1) is 0 Å². The second-order valence-corrected chi connectivity index (χ2v) is 5.43. The highest BCUT2D eigenvalue weighted by molar-refractivity contribution is 5.84. The number of primary amides is 1. The third-order valence-electron chi connectivity index (χ3n) is 3.62. The lowest BCUT2D eigenvalue weighted by atomic mass is 10.1. The van der Waals surface area contributed by atoms with E-state index in [4.69, 9.17) is 14.9 Å². The topological polar surface area (TPSA) is 121 Å². The van der Waals surface area contributed by atoms with E-state index in [-0.39, 0.29) is 22.6 Å². The first-order valence-electron chi connectivity index (χ1n) is 7.40. The molecule has 0 saturated carbocycles. The van der Waals surface area contributed by atoms with Gasteiger partial charge in [-0.05, 0) is 12.1 Å². The molecule has 0 aliphatic carbocycles. The lowest BCUT2D eigenvalue weighted by Gasteiger charge is -2.13. The third kappa shape index (κ3) is 3.01. The number of carbonyl (C=O) groups is 1. The van der Waals surface area contributed by atoms with Crippen LogP contribution < -0.4 is 10.5 Å². The number of carbonyl (C=O) groups excluding carboxylic acids is 1. The van der Waals surface area contributed by atoms with Crippen LogP contribution in [0.1, 0.15) is 5.56 Å². The van der Waals surface area contributed by atoms with Gasteiger partial charge in [0.2, 0.25) is 12.3 Å². The van der Waals surface area contributed by atoms with E-state index in [2.05, 4.69) is 20.2 Å². The summed E-state index contributed by atoms with van der Waals surface area (Å²) < 4.78 is 51.8. The predicted octanol–water partition coefficient (Wildman–Crippen LogP) is 1.82. The van der Waals surface area contributed by atoms with Crippen LogP contribution in [0.2, 0.25) is 0 Å². The molecule has 0 bridgehead atoms. The largest absolute Gasteiger partial charge is 0.468 e. The van der Waals surface area contributed by atoms with Gasteiger partial charge in [0.25, 0.3) is 11.8 Å². The van der Waals surface area contributed by atoms with Gasteiger partial charge in [0, 0.05) is 17.6 Å². The second kappa shape index (κ2) is 5.93. The molecular formula is C15H9F3N6O3. The average molecular weight is 378 g/mol. The number of halogens is 3. The van der Waals surface area contributed by atoms with Gasteiger partial charge in [0.15, 0.2) is 6.61 Å². The van der Waals surface area contributed by atoms with Crippen molar-refractivity contribution in [2.45, 2.75) is 6.18 Å². The maximum Gasteiger partial charge on any atom is 0.417 e. The minimum absolute atomic E-state index is 0.0694. The van der Waals surface area contributed by atoms with Gasteiger partial charge in [0.05, 0.1) is 5.56 Å². The molecule has 0 spiro atoms. The smallest absolute Gasteiger partial charge is 0.417 e. The maximum absolute atomic E-state index is 13.5. The van der Waals surface area contributed by atoms with E-state index < -0.39 is 30.1 Å². The fourth-order valence-corrected chi connectivity index (χ4v) is 2.55. The van der Waals surface area contributed by atoms with Gasteiger partial charge in [-0.3, -0.25) is 9.20 Å². The highest BCUT2D eigenvalue weighted by Crippen LogP contribution is 2.36. The molecular weight excluding hydrogens is 369 g/mol. The molecule has 0 fully saturated rings. The first-order valence-corrected chi connectivity index (χ1v) is 7.40. The zero-order valence-corrected chi connectivity index (χ0v) is 13.3. The van der Waals surface area contributed by atoms with E-state index in [9.17, 15) is 18.0 Å². The Kier molecular flexibility index (Phi) is 3.68. The molecule has 2 N–H and O–H groups in total. The monoisotopic (exact) mass is 378 g/mol. The van der Waals surface area contributed by atoms with Crippen LogP contribution in [0.4, 0.5) is 13.2 Å². The summed E-state index contributed by atoms with van der Waals surface area (Å²) in [4.78, 5) is 19.2. The molecule has 1 amide bonds. The Morgan fingerprint density at radius 2 is 2.11 bits per heavy atom. The Labute approximate surface area is 147 Å². The molecule has 4 rings (SSSR count). The van der Waals surface area contributed by atoms with E-state index in [1.807, 2.05) is 0 Å². The van der Waals surface area contributed by atoms with Crippen molar-refractivity contribution in [1.82, 2.24) is 24.6 Å². The van der Waals surface area contributed by atoms with Crippen LogP contribution in [-0.4, -0.2) is 37.1 Å². The maximum atomic E-state index is 13.5. The van der Waals surface area contributed by atoms with E-state index >= 15 is 0 Å². The van der Waals surface area contributed by atoms with Crippen LogP contribution in [0.15, 0.2) is 35.2 Å². The molecule has 0 radical (unpaired) electrons. The lowest BCUT2D eigenvalue weighted by molar-refractivity contribution is -0.136. The zero-order chi connectivity index (χ0) is 19.2. The highest BCUT2D eigenvalue weighted by Gasteiger charge is 2.34. The number of nitrogens with zero attached hydrogens (tertiary/aromatic N) is 5. The Balaban J connectivity index is 1.97. The number of fused-ring (bicyclic) bond motifs is 3. The van der Waals surface area contributed by atoms with Crippen molar-refractivity contribution in [1.29, 1.82) is 0 Å². The van der Waals surface area contributed by atoms with Gasteiger partial charge in [-0.2, -0.15) is 18.2 Å². The molecule has 4 aromatic rings. The Bertz CT molecular complexity index is 1150. The van der Waals surface area contributed by atoms with Gasteiger partial charge in [-0.1, -0.05) is 0 Å². The standard InChI is InChI=1S/C15H9F3N6O3/c16-15(17,18)8-3-12(26-5-10(19)25)22-13-7(8)1-2-11-21-9(4-24(11)13)14-23-20-6-27-14/h1-4,6H,5H2,(H2,19,25). The Morgan fingerprint density at radius 3 is 2.78 bits per heavy atom. The van der Waals surface area contributed by atoms with Gasteiger partial charge in [-0.25, -0.2) is 4.98 Å². The first kappa shape index (κ1) is 16.8. The number of rotatable bonds is 4. The SMILES string of the molecule is NC(=O)COc1cc(C(F)(F)F)c2ccc3nc(-c4nnco4)cn3c2n1. The lowest BCUT2D eigenvalue weighted by Crippen LogP contribution is -2.20. The summed E-state index contributed by atoms with van der Waals surface area (Å²) in [6.45, 7) is -0.608. The van der Waals surface area contributed by atoms with E-state index in [1.165, 1.54) is 22.7 Å². The van der Waals surface area contributed by atoms with Crippen molar-refractivity contribution in [2.24, 2.45) is 5.73 Å². The molecule has 27 heavy (non-hydrogen) atoms. The van der Waals surface area contributed by atoms with Crippen molar-refractivity contribution in [3.63, 3.8) is 0 Å². The summed E-state index contributed by atoms with van der Waals surface area (Å²) in [6, 6.07) is 3.37. The number of imidazole rings is 1. The van der Waals surface area contributed by atoms with Crippen molar-refractivity contribution >= 4 is 22.6 Å².